The Balaban J connectivity index is 2.16. The van der Waals surface area contributed by atoms with Crippen molar-refractivity contribution in [3.63, 3.8) is 0 Å². The number of amides is 1. The Bertz CT molecular complexity index is 634. The Morgan fingerprint density at radius 3 is 2.81 bits per heavy atom. The van der Waals surface area contributed by atoms with Crippen LogP contribution in [-0.2, 0) is 11.3 Å². The third-order valence-corrected chi connectivity index (χ3v) is 2.89. The van der Waals surface area contributed by atoms with Crippen LogP contribution < -0.4 is 15.8 Å². The van der Waals surface area contributed by atoms with Gasteiger partial charge in [-0.3, -0.25) is 9.48 Å². The van der Waals surface area contributed by atoms with Gasteiger partial charge in [0.15, 0.2) is 0 Å². The molecule has 0 aliphatic rings. The minimum atomic E-state index is -0.0650. The first kappa shape index (κ1) is 14.9. The van der Waals surface area contributed by atoms with Gasteiger partial charge in [-0.2, -0.15) is 5.10 Å². The number of aromatic nitrogens is 2. The summed E-state index contributed by atoms with van der Waals surface area (Å²) in [6, 6.07) is 5.60. The summed E-state index contributed by atoms with van der Waals surface area (Å²) in [6.07, 6.45) is 3.52. The van der Waals surface area contributed by atoms with Crippen molar-refractivity contribution in [3.8, 4) is 16.9 Å². The molecular formula is C15H20N4O2. The number of carbonyl (C=O) groups is 1. The van der Waals surface area contributed by atoms with Gasteiger partial charge < -0.3 is 15.8 Å². The number of nitrogens with one attached hydrogen (secondary N) is 1. The van der Waals surface area contributed by atoms with Gasteiger partial charge >= 0.3 is 0 Å². The summed E-state index contributed by atoms with van der Waals surface area (Å²) in [7, 11) is 1.60. The molecular weight excluding hydrogens is 268 g/mol. The fourth-order valence-electron chi connectivity index (χ4n) is 2.02. The second-order valence-corrected chi connectivity index (χ2v) is 5.14. The molecule has 0 aliphatic heterocycles. The van der Waals surface area contributed by atoms with Gasteiger partial charge in [-0.25, -0.2) is 0 Å². The number of nitrogens with zero attached hydrogens (tertiary/aromatic N) is 2. The number of hydrogen-bond acceptors (Lipinski definition) is 4. The Morgan fingerprint density at radius 2 is 2.14 bits per heavy atom. The van der Waals surface area contributed by atoms with Crippen LogP contribution in [0.15, 0.2) is 30.6 Å². The Morgan fingerprint density at radius 1 is 1.38 bits per heavy atom. The summed E-state index contributed by atoms with van der Waals surface area (Å²) in [4.78, 5) is 11.7. The van der Waals surface area contributed by atoms with Gasteiger partial charge in [0.25, 0.3) is 0 Å². The number of ether oxygens (including phenoxy) is 1. The lowest BCUT2D eigenvalue weighted by Crippen LogP contribution is -2.33. The average molecular weight is 288 g/mol. The molecule has 0 saturated heterocycles. The highest BCUT2D eigenvalue weighted by atomic mass is 16.5. The van der Waals surface area contributed by atoms with Crippen LogP contribution in [0.1, 0.15) is 13.8 Å². The molecule has 2 aromatic rings. The number of benzene rings is 1. The zero-order chi connectivity index (χ0) is 15.4. The van der Waals surface area contributed by atoms with E-state index in [9.17, 15) is 4.79 Å². The molecule has 0 spiro atoms. The fraction of sp³-hybridized carbons (Fsp3) is 0.333. The summed E-state index contributed by atoms with van der Waals surface area (Å²) < 4.78 is 6.80. The van der Waals surface area contributed by atoms with E-state index in [-0.39, 0.29) is 18.5 Å². The first-order chi connectivity index (χ1) is 9.97. The van der Waals surface area contributed by atoms with Crippen LogP contribution in [0.2, 0.25) is 0 Å². The first-order valence-corrected chi connectivity index (χ1v) is 6.74. The van der Waals surface area contributed by atoms with Gasteiger partial charge in [-0.05, 0) is 31.5 Å². The lowest BCUT2D eigenvalue weighted by Gasteiger charge is -2.08. The number of rotatable bonds is 5. The molecule has 0 aliphatic carbocycles. The highest BCUT2D eigenvalue weighted by Gasteiger charge is 2.08. The Kier molecular flexibility index (Phi) is 4.47. The van der Waals surface area contributed by atoms with Crippen molar-refractivity contribution >= 4 is 11.6 Å². The maximum absolute atomic E-state index is 11.7. The summed E-state index contributed by atoms with van der Waals surface area (Å²) in [5, 5.41) is 7.03. The summed E-state index contributed by atoms with van der Waals surface area (Å²) >= 11 is 0. The molecule has 3 N–H and O–H groups in total. The van der Waals surface area contributed by atoms with Gasteiger partial charge in [0.1, 0.15) is 12.3 Å². The Labute approximate surface area is 123 Å². The van der Waals surface area contributed by atoms with Crippen LogP contribution in [0.5, 0.6) is 5.75 Å². The van der Waals surface area contributed by atoms with Crippen LogP contribution >= 0.6 is 0 Å². The van der Waals surface area contributed by atoms with Gasteiger partial charge in [0.05, 0.1) is 13.3 Å². The highest BCUT2D eigenvalue weighted by molar-refractivity contribution is 5.76. The predicted molar refractivity (Wildman–Crippen MR) is 81.9 cm³/mol. The van der Waals surface area contributed by atoms with Crippen LogP contribution in [0, 0.1) is 0 Å². The molecule has 0 saturated carbocycles. The molecule has 0 fully saturated rings. The normalized spacial score (nSPS) is 10.7. The van der Waals surface area contributed by atoms with Crippen LogP contribution in [0.25, 0.3) is 11.1 Å². The molecule has 0 bridgehead atoms. The molecule has 6 heteroatoms. The number of anilines is 1. The second-order valence-electron chi connectivity index (χ2n) is 5.14. The highest BCUT2D eigenvalue weighted by Crippen LogP contribution is 2.26. The number of nitrogens with two attached hydrogens (primary N) is 1. The fourth-order valence-corrected chi connectivity index (χ4v) is 2.02. The van der Waals surface area contributed by atoms with Gasteiger partial charge in [0.2, 0.25) is 5.91 Å². The van der Waals surface area contributed by atoms with Crippen LogP contribution in [0.3, 0.4) is 0 Å². The van der Waals surface area contributed by atoms with E-state index < -0.39 is 0 Å². The van der Waals surface area contributed by atoms with Crippen LogP contribution in [0.4, 0.5) is 5.69 Å². The largest absolute Gasteiger partial charge is 0.497 e. The maximum atomic E-state index is 11.7. The smallest absolute Gasteiger partial charge is 0.241 e. The molecule has 1 aromatic carbocycles. The topological polar surface area (TPSA) is 82.2 Å². The molecule has 112 valence electrons. The molecule has 21 heavy (non-hydrogen) atoms. The molecule has 0 atom stereocenters. The van der Waals surface area contributed by atoms with E-state index in [0.29, 0.717) is 11.4 Å². The third kappa shape index (κ3) is 3.98. The molecule has 0 unspecified atom stereocenters. The van der Waals surface area contributed by atoms with E-state index >= 15 is 0 Å². The van der Waals surface area contributed by atoms with Crippen molar-refractivity contribution < 1.29 is 9.53 Å². The van der Waals surface area contributed by atoms with Crippen LogP contribution in [-0.4, -0.2) is 28.8 Å². The average Bonchev–Trinajstić information content (AvgIpc) is 2.85. The van der Waals surface area contributed by atoms with Crippen molar-refractivity contribution in [1.82, 2.24) is 15.1 Å². The number of methoxy groups -OCH3 is 1. The van der Waals surface area contributed by atoms with Crippen molar-refractivity contribution in [2.75, 3.05) is 12.8 Å². The van der Waals surface area contributed by atoms with Crippen molar-refractivity contribution in [3.05, 3.63) is 30.6 Å². The number of hydrogen-bond donors (Lipinski definition) is 2. The molecule has 1 amide bonds. The van der Waals surface area contributed by atoms with E-state index in [2.05, 4.69) is 10.4 Å². The molecule has 1 heterocycles. The molecule has 2 rings (SSSR count). The molecule has 1 aromatic heterocycles. The summed E-state index contributed by atoms with van der Waals surface area (Å²) in [6.45, 7) is 4.04. The lowest BCUT2D eigenvalue weighted by molar-refractivity contribution is -0.122. The van der Waals surface area contributed by atoms with E-state index in [4.69, 9.17) is 10.5 Å². The van der Waals surface area contributed by atoms with Crippen molar-refractivity contribution in [2.24, 2.45) is 0 Å². The van der Waals surface area contributed by atoms with Gasteiger partial charge in [-0.1, -0.05) is 0 Å². The van der Waals surface area contributed by atoms with Crippen molar-refractivity contribution in [2.45, 2.75) is 26.4 Å². The molecule has 6 nitrogen and oxygen atoms in total. The second kappa shape index (κ2) is 6.30. The molecule has 0 radical (unpaired) electrons. The number of nitrogen functional groups attached to an aromatic ring is 1. The minimum Gasteiger partial charge on any atom is -0.497 e. The van der Waals surface area contributed by atoms with Crippen molar-refractivity contribution in [1.29, 1.82) is 0 Å². The maximum Gasteiger partial charge on any atom is 0.241 e. The third-order valence-electron chi connectivity index (χ3n) is 2.89. The van der Waals surface area contributed by atoms with E-state index in [1.165, 1.54) is 0 Å². The number of carbonyl (C=O) groups excluding carboxylic acids is 1. The first-order valence-electron chi connectivity index (χ1n) is 6.74. The van der Waals surface area contributed by atoms with E-state index in [1.54, 1.807) is 24.1 Å². The van der Waals surface area contributed by atoms with Gasteiger partial charge in [-0.15, -0.1) is 0 Å². The SMILES string of the molecule is COc1cc(N)cc(-c2cnn(CC(=O)NC(C)C)c2)c1. The van der Waals surface area contributed by atoms with E-state index in [1.807, 2.05) is 32.2 Å². The monoisotopic (exact) mass is 288 g/mol. The van der Waals surface area contributed by atoms with Gasteiger partial charge in [0, 0.05) is 29.6 Å². The predicted octanol–water partition coefficient (Wildman–Crippen LogP) is 1.67. The summed E-state index contributed by atoms with van der Waals surface area (Å²) in [5.74, 6) is 0.625. The Hall–Kier alpha value is -2.50. The zero-order valence-electron chi connectivity index (χ0n) is 12.5. The quantitative estimate of drug-likeness (QED) is 0.820. The van der Waals surface area contributed by atoms with E-state index in [0.717, 1.165) is 11.1 Å². The zero-order valence-corrected chi connectivity index (χ0v) is 12.5. The summed E-state index contributed by atoms with van der Waals surface area (Å²) in [5.41, 5.74) is 8.26. The standard InChI is InChI=1S/C15H20N4O2/c1-10(2)18-15(20)9-19-8-12(7-17-19)11-4-13(16)6-14(5-11)21-3/h4-8,10H,9,16H2,1-3H3,(H,18,20). The minimum absolute atomic E-state index is 0.0650. The lowest BCUT2D eigenvalue weighted by atomic mass is 10.1.